The number of hydrogen-bond donors (Lipinski definition) is 0. The largest absolute Gasteiger partial charge is 0.386 e. The summed E-state index contributed by atoms with van der Waals surface area (Å²) >= 11 is 5.64. The lowest BCUT2D eigenvalue weighted by Crippen LogP contribution is -2.00. The van der Waals surface area contributed by atoms with E-state index in [1.165, 1.54) is 18.4 Å². The van der Waals surface area contributed by atoms with Crippen LogP contribution in [-0.4, -0.2) is 19.5 Å². The Hall–Kier alpha value is -1.57. The summed E-state index contributed by atoms with van der Waals surface area (Å²) in [5.74, 6) is 0.198. The van der Waals surface area contributed by atoms with Gasteiger partial charge in [-0.3, -0.25) is 4.79 Å². The van der Waals surface area contributed by atoms with Crippen LogP contribution in [0.15, 0.2) is 18.2 Å². The number of ether oxygens (including phenoxy) is 2. The summed E-state index contributed by atoms with van der Waals surface area (Å²) < 4.78 is 9.39. The Kier molecular flexibility index (Phi) is 8.63. The Balaban J connectivity index is 0.000000411. The lowest BCUT2D eigenvalue weighted by Gasteiger charge is -2.01. The normalized spacial score (nSPS) is 10.6. The van der Waals surface area contributed by atoms with Crippen molar-refractivity contribution in [2.24, 2.45) is 0 Å². The second-order valence-corrected chi connectivity index (χ2v) is 3.86. The van der Waals surface area contributed by atoms with Crippen LogP contribution in [0.25, 0.3) is 0 Å². The van der Waals surface area contributed by atoms with E-state index in [9.17, 15) is 4.79 Å². The van der Waals surface area contributed by atoms with Crippen molar-refractivity contribution in [2.45, 2.75) is 26.4 Å². The van der Waals surface area contributed by atoms with Crippen LogP contribution in [-0.2, 0) is 4.74 Å². The average Bonchev–Trinajstić information content (AvgIpc) is 2.41. The monoisotopic (exact) mass is 269 g/mol. The highest BCUT2D eigenvalue weighted by Crippen LogP contribution is 2.24. The minimum atomic E-state index is 0.198. The molecular weight excluding hydrogens is 254 g/mol. The molecule has 0 aliphatic rings. The first kappa shape index (κ1) is 16.4. The summed E-state index contributed by atoms with van der Waals surface area (Å²) in [5.41, 5.74) is 0.421. The fourth-order valence-electron chi connectivity index (χ4n) is 0.887. The van der Waals surface area contributed by atoms with Crippen molar-refractivity contribution in [1.82, 2.24) is 0 Å². The minimum absolute atomic E-state index is 0.198. The molecule has 0 saturated heterocycles. The third-order valence-corrected chi connectivity index (χ3v) is 2.54. The van der Waals surface area contributed by atoms with Gasteiger partial charge in [-0.2, -0.15) is 0 Å². The van der Waals surface area contributed by atoms with Gasteiger partial charge in [0, 0.05) is 12.7 Å². The van der Waals surface area contributed by atoms with Crippen LogP contribution in [0.1, 0.15) is 30.6 Å². The molecule has 0 saturated carbocycles. The fraction of sp³-hybridized carbons (Fsp3) is 0.385. The van der Waals surface area contributed by atoms with Gasteiger partial charge in [0.25, 0.3) is 6.26 Å². The number of methoxy groups -OCH3 is 1. The second-order valence-electron chi connectivity index (χ2n) is 3.46. The number of benzene rings is 1. The summed E-state index contributed by atoms with van der Waals surface area (Å²) in [7, 11) is 1.73. The molecule has 0 aliphatic carbocycles. The van der Waals surface area contributed by atoms with Gasteiger partial charge in [0.1, 0.15) is 6.29 Å². The highest BCUT2D eigenvalue weighted by atomic mass is 35.5. The van der Waals surface area contributed by atoms with Crippen LogP contribution in [0.4, 0.5) is 0 Å². The topological polar surface area (TPSA) is 59.3 Å². The zero-order valence-corrected chi connectivity index (χ0v) is 11.4. The van der Waals surface area contributed by atoms with E-state index in [0.29, 0.717) is 23.0 Å². The molecule has 0 bridgehead atoms. The maximum atomic E-state index is 10.3. The first-order chi connectivity index (χ1) is 8.58. The van der Waals surface area contributed by atoms with Crippen molar-refractivity contribution in [1.29, 1.82) is 5.26 Å². The number of nitriles is 1. The summed E-state index contributed by atoms with van der Waals surface area (Å²) in [6, 6.07) is 4.44. The van der Waals surface area contributed by atoms with Gasteiger partial charge in [0.2, 0.25) is 0 Å². The maximum Gasteiger partial charge on any atom is 0.292 e. The molecule has 4 nitrogen and oxygen atoms in total. The number of nitrogens with zero attached hydrogens (tertiary/aromatic N) is 1. The molecule has 1 aromatic rings. The van der Waals surface area contributed by atoms with E-state index >= 15 is 0 Å². The molecule has 0 aromatic heterocycles. The van der Waals surface area contributed by atoms with Gasteiger partial charge in [-0.15, -0.1) is 5.26 Å². The maximum absolute atomic E-state index is 10.3. The van der Waals surface area contributed by atoms with Gasteiger partial charge in [-0.1, -0.05) is 18.5 Å². The molecule has 98 valence electrons. The third-order valence-electron chi connectivity index (χ3n) is 2.22. The first-order valence-corrected chi connectivity index (χ1v) is 5.80. The molecule has 0 radical (unpaired) electrons. The first-order valence-electron chi connectivity index (χ1n) is 5.42. The number of hydrogen-bond acceptors (Lipinski definition) is 4. The van der Waals surface area contributed by atoms with E-state index in [1.54, 1.807) is 13.2 Å². The predicted octanol–water partition coefficient (Wildman–Crippen LogP) is 3.44. The fourth-order valence-corrected chi connectivity index (χ4v) is 1.04. The molecule has 1 rings (SSSR count). The van der Waals surface area contributed by atoms with Crippen LogP contribution < -0.4 is 4.74 Å². The van der Waals surface area contributed by atoms with Crippen LogP contribution in [0.2, 0.25) is 5.02 Å². The zero-order valence-electron chi connectivity index (χ0n) is 10.6. The SMILES string of the molecule is CCC(C)OC.N#COc1cc(C=O)ccc1Cl. The van der Waals surface area contributed by atoms with Gasteiger partial charge in [-0.25, -0.2) is 0 Å². The highest BCUT2D eigenvalue weighted by Gasteiger charge is 2.01. The number of aldehydes is 1. The summed E-state index contributed by atoms with van der Waals surface area (Å²) in [6.07, 6.45) is 3.67. The smallest absolute Gasteiger partial charge is 0.292 e. The minimum Gasteiger partial charge on any atom is -0.386 e. The van der Waals surface area contributed by atoms with Gasteiger partial charge in [0.15, 0.2) is 5.75 Å². The molecular formula is C13H16ClNO3. The lowest BCUT2D eigenvalue weighted by molar-refractivity contribution is 0.112. The molecule has 0 aliphatic heterocycles. The highest BCUT2D eigenvalue weighted by molar-refractivity contribution is 6.32. The van der Waals surface area contributed by atoms with Gasteiger partial charge in [0.05, 0.1) is 11.1 Å². The van der Waals surface area contributed by atoms with E-state index in [4.69, 9.17) is 21.6 Å². The Morgan fingerprint density at radius 3 is 2.61 bits per heavy atom. The van der Waals surface area contributed by atoms with E-state index in [-0.39, 0.29) is 5.75 Å². The van der Waals surface area contributed by atoms with Crippen LogP contribution in [0.5, 0.6) is 5.75 Å². The zero-order chi connectivity index (χ0) is 14.0. The number of halogens is 1. The van der Waals surface area contributed by atoms with Crippen molar-refractivity contribution in [2.75, 3.05) is 7.11 Å². The van der Waals surface area contributed by atoms with Crippen molar-refractivity contribution < 1.29 is 14.3 Å². The van der Waals surface area contributed by atoms with Crippen LogP contribution in [0, 0.1) is 11.5 Å². The lowest BCUT2D eigenvalue weighted by atomic mass is 10.2. The number of carbonyl (C=O) groups is 1. The molecule has 0 N–H and O–H groups in total. The van der Waals surface area contributed by atoms with Crippen molar-refractivity contribution in [3.63, 3.8) is 0 Å². The molecule has 0 spiro atoms. The van der Waals surface area contributed by atoms with E-state index < -0.39 is 0 Å². The van der Waals surface area contributed by atoms with E-state index in [0.717, 1.165) is 6.42 Å². The van der Waals surface area contributed by atoms with Gasteiger partial charge in [-0.05, 0) is 31.5 Å². The molecule has 1 unspecified atom stereocenters. The average molecular weight is 270 g/mol. The molecule has 0 fully saturated rings. The summed E-state index contributed by atoms with van der Waals surface area (Å²) in [4.78, 5) is 10.3. The van der Waals surface area contributed by atoms with E-state index in [1.807, 2.05) is 0 Å². The molecule has 0 heterocycles. The van der Waals surface area contributed by atoms with Crippen molar-refractivity contribution in [3.05, 3.63) is 28.8 Å². The van der Waals surface area contributed by atoms with Crippen LogP contribution >= 0.6 is 11.6 Å². The molecule has 18 heavy (non-hydrogen) atoms. The van der Waals surface area contributed by atoms with Crippen molar-refractivity contribution >= 4 is 17.9 Å². The Morgan fingerprint density at radius 2 is 2.22 bits per heavy atom. The summed E-state index contributed by atoms with van der Waals surface area (Å²) in [6.45, 7) is 4.16. The quantitative estimate of drug-likeness (QED) is 0.620. The van der Waals surface area contributed by atoms with Crippen molar-refractivity contribution in [3.8, 4) is 12.0 Å². The Bertz CT molecular complexity index is 411. The van der Waals surface area contributed by atoms with Gasteiger partial charge >= 0.3 is 0 Å². The Morgan fingerprint density at radius 1 is 1.56 bits per heavy atom. The van der Waals surface area contributed by atoms with Gasteiger partial charge < -0.3 is 9.47 Å². The Labute approximate surface area is 112 Å². The molecule has 0 amide bonds. The summed E-state index contributed by atoms with van der Waals surface area (Å²) in [5, 5.41) is 8.50. The molecule has 1 atom stereocenters. The van der Waals surface area contributed by atoms with E-state index in [2.05, 4.69) is 18.6 Å². The molecule has 5 heteroatoms. The second kappa shape index (κ2) is 9.46. The third kappa shape index (κ3) is 6.24. The molecule has 1 aromatic carbocycles. The standard InChI is InChI=1S/C8H4ClNO2.C5H12O/c9-7-2-1-6(4-11)3-8(7)12-5-10;1-4-5(2)6-3/h1-4H;5H,4H2,1-3H3. The predicted molar refractivity (Wildman–Crippen MR) is 69.8 cm³/mol. The number of rotatable bonds is 4. The number of carbonyl (C=O) groups excluding carboxylic acids is 1. The van der Waals surface area contributed by atoms with Crippen LogP contribution in [0.3, 0.4) is 0 Å².